The van der Waals surface area contributed by atoms with Crippen LogP contribution in [0.15, 0.2) is 23.4 Å². The van der Waals surface area contributed by atoms with Crippen molar-refractivity contribution in [1.82, 2.24) is 4.98 Å². The molecule has 0 radical (unpaired) electrons. The molecule has 0 bridgehead atoms. The maximum Gasteiger partial charge on any atom is 0.239 e. The lowest BCUT2D eigenvalue weighted by Crippen LogP contribution is -2.29. The normalized spacial score (nSPS) is 18.9. The van der Waals surface area contributed by atoms with Crippen molar-refractivity contribution >= 4 is 21.4 Å². The Labute approximate surface area is 74.7 Å². The molecular weight excluding hydrogens is 192 g/mol. The maximum atomic E-state index is 11.4. The van der Waals surface area contributed by atoms with Crippen molar-refractivity contribution in [2.45, 2.75) is 4.90 Å². The van der Waals surface area contributed by atoms with Crippen molar-refractivity contribution in [2.75, 3.05) is 11.1 Å². The molecule has 0 aromatic carbocycles. The summed E-state index contributed by atoms with van der Waals surface area (Å²) in [7, 11) is -3.47. The number of nitrogens with one attached hydrogen (secondary N) is 1. The highest BCUT2D eigenvalue weighted by Crippen LogP contribution is 2.24. The van der Waals surface area contributed by atoms with Gasteiger partial charge >= 0.3 is 0 Å². The van der Waals surface area contributed by atoms with Crippen LogP contribution in [0.1, 0.15) is 0 Å². The first kappa shape index (κ1) is 8.18. The molecule has 0 saturated carbocycles. The Morgan fingerprint density at radius 3 is 3.00 bits per heavy atom. The average Bonchev–Trinajstić information content (AvgIpc) is 2.02. The molecule has 6 heteroatoms. The van der Waals surface area contributed by atoms with Crippen LogP contribution in [0.4, 0.5) is 5.69 Å². The van der Waals surface area contributed by atoms with Gasteiger partial charge in [0.2, 0.25) is 5.91 Å². The van der Waals surface area contributed by atoms with E-state index < -0.39 is 21.5 Å². The molecule has 0 unspecified atom stereocenters. The lowest BCUT2D eigenvalue weighted by Gasteiger charge is -2.15. The number of nitrogens with zero attached hydrogens (tertiary/aromatic N) is 1. The summed E-state index contributed by atoms with van der Waals surface area (Å²) in [4.78, 5) is 14.7. The number of aromatic nitrogens is 1. The Balaban J connectivity index is 2.70. The second kappa shape index (κ2) is 2.53. The Bertz CT molecular complexity index is 466. The predicted octanol–water partition coefficient (Wildman–Crippen LogP) is -0.193. The fourth-order valence-electron chi connectivity index (χ4n) is 1.17. The van der Waals surface area contributed by atoms with Crippen molar-refractivity contribution in [3.05, 3.63) is 18.5 Å². The molecule has 1 aromatic rings. The summed E-state index contributed by atoms with van der Waals surface area (Å²) >= 11 is 0. The number of sulfone groups is 1. The van der Waals surface area contributed by atoms with Crippen LogP contribution in [0, 0.1) is 0 Å². The Morgan fingerprint density at radius 2 is 2.23 bits per heavy atom. The van der Waals surface area contributed by atoms with Gasteiger partial charge in [-0.25, -0.2) is 8.42 Å². The van der Waals surface area contributed by atoms with Crippen LogP contribution in [0.25, 0.3) is 0 Å². The van der Waals surface area contributed by atoms with Crippen LogP contribution in [0.3, 0.4) is 0 Å². The van der Waals surface area contributed by atoms with Gasteiger partial charge in [-0.1, -0.05) is 0 Å². The first-order valence-corrected chi connectivity index (χ1v) is 5.21. The van der Waals surface area contributed by atoms with Crippen molar-refractivity contribution in [3.63, 3.8) is 0 Å². The summed E-state index contributed by atoms with van der Waals surface area (Å²) in [6.45, 7) is 0. The highest BCUT2D eigenvalue weighted by molar-refractivity contribution is 7.92. The van der Waals surface area contributed by atoms with Gasteiger partial charge in [0.05, 0.1) is 5.69 Å². The SMILES string of the molecule is O=C1CS(=O)(=O)c2cnccc2N1. The lowest BCUT2D eigenvalue weighted by molar-refractivity contribution is -0.114. The van der Waals surface area contributed by atoms with Crippen molar-refractivity contribution in [2.24, 2.45) is 0 Å². The number of hydrogen-bond donors (Lipinski definition) is 1. The second-order valence-electron chi connectivity index (χ2n) is 2.68. The third kappa shape index (κ3) is 1.29. The van der Waals surface area contributed by atoms with Crippen LogP contribution in [-0.2, 0) is 14.6 Å². The first-order chi connectivity index (χ1) is 6.09. The summed E-state index contributed by atoms with van der Waals surface area (Å²) in [6.07, 6.45) is 2.67. The molecule has 0 aliphatic carbocycles. The molecule has 5 nitrogen and oxygen atoms in total. The number of carbonyl (C=O) groups is 1. The topological polar surface area (TPSA) is 76.1 Å². The molecule has 13 heavy (non-hydrogen) atoms. The molecular formula is C7H6N2O3S. The number of anilines is 1. The average molecular weight is 198 g/mol. The fourth-order valence-corrected chi connectivity index (χ4v) is 2.42. The maximum absolute atomic E-state index is 11.4. The zero-order valence-electron chi connectivity index (χ0n) is 6.52. The number of fused-ring (bicyclic) bond motifs is 1. The number of hydrogen-bond acceptors (Lipinski definition) is 4. The molecule has 0 fully saturated rings. The van der Waals surface area contributed by atoms with Crippen LogP contribution in [0.2, 0.25) is 0 Å². The summed E-state index contributed by atoms with van der Waals surface area (Å²) in [5, 5.41) is 2.46. The summed E-state index contributed by atoms with van der Waals surface area (Å²) in [6, 6.07) is 1.46. The van der Waals surface area contributed by atoms with Gasteiger partial charge in [0.25, 0.3) is 0 Å². The van der Waals surface area contributed by atoms with Gasteiger partial charge in [0.15, 0.2) is 9.84 Å². The second-order valence-corrected chi connectivity index (χ2v) is 4.64. The molecule has 1 aliphatic rings. The van der Waals surface area contributed by atoms with Gasteiger partial charge < -0.3 is 5.32 Å². The molecule has 2 rings (SSSR count). The van der Waals surface area contributed by atoms with Crippen molar-refractivity contribution in [3.8, 4) is 0 Å². The van der Waals surface area contributed by atoms with Gasteiger partial charge in [-0.15, -0.1) is 0 Å². The van der Waals surface area contributed by atoms with E-state index in [-0.39, 0.29) is 4.90 Å². The fraction of sp³-hybridized carbons (Fsp3) is 0.143. The quantitative estimate of drug-likeness (QED) is 0.626. The monoisotopic (exact) mass is 198 g/mol. The number of pyridine rings is 1. The number of amides is 1. The van der Waals surface area contributed by atoms with E-state index in [1.54, 1.807) is 0 Å². The lowest BCUT2D eigenvalue weighted by atomic mass is 10.4. The van der Waals surface area contributed by atoms with E-state index in [1.165, 1.54) is 18.5 Å². The van der Waals surface area contributed by atoms with E-state index in [0.717, 1.165) is 0 Å². The summed E-state index contributed by atoms with van der Waals surface area (Å²) in [5.41, 5.74) is 0.311. The van der Waals surface area contributed by atoms with Gasteiger partial charge in [0.1, 0.15) is 10.6 Å². The molecule has 0 atom stereocenters. The van der Waals surface area contributed by atoms with E-state index in [4.69, 9.17) is 0 Å². The van der Waals surface area contributed by atoms with E-state index in [2.05, 4.69) is 10.3 Å². The Morgan fingerprint density at radius 1 is 1.46 bits per heavy atom. The van der Waals surface area contributed by atoms with Crippen LogP contribution < -0.4 is 5.32 Å². The summed E-state index contributed by atoms with van der Waals surface area (Å²) in [5.74, 6) is -0.996. The molecule has 2 heterocycles. The minimum Gasteiger partial charge on any atom is -0.324 e. The Hall–Kier alpha value is -1.43. The van der Waals surface area contributed by atoms with E-state index in [0.29, 0.717) is 5.69 Å². The minimum atomic E-state index is -3.47. The zero-order chi connectivity index (χ0) is 9.47. The Kier molecular flexibility index (Phi) is 1.59. The molecule has 1 aliphatic heterocycles. The largest absolute Gasteiger partial charge is 0.324 e. The molecule has 0 spiro atoms. The molecule has 0 saturated heterocycles. The van der Waals surface area contributed by atoms with Crippen LogP contribution in [-0.4, -0.2) is 25.1 Å². The molecule has 1 N–H and O–H groups in total. The number of rotatable bonds is 0. The smallest absolute Gasteiger partial charge is 0.239 e. The standard InChI is InChI=1S/C7H6N2O3S/c10-7-4-13(11,12)6-3-8-2-1-5(6)9-7/h1-3H,4H2,(H,9,10). The van der Waals surface area contributed by atoms with Gasteiger partial charge in [-0.2, -0.15) is 0 Å². The van der Waals surface area contributed by atoms with Crippen molar-refractivity contribution < 1.29 is 13.2 Å². The molecule has 1 aromatic heterocycles. The van der Waals surface area contributed by atoms with Crippen LogP contribution in [0.5, 0.6) is 0 Å². The predicted molar refractivity (Wildman–Crippen MR) is 44.9 cm³/mol. The zero-order valence-corrected chi connectivity index (χ0v) is 7.34. The third-order valence-corrected chi connectivity index (χ3v) is 3.35. The van der Waals surface area contributed by atoms with Gasteiger partial charge in [-0.05, 0) is 6.07 Å². The highest BCUT2D eigenvalue weighted by Gasteiger charge is 2.28. The number of carbonyl (C=O) groups excluding carboxylic acids is 1. The summed E-state index contributed by atoms with van der Waals surface area (Å²) < 4.78 is 22.8. The van der Waals surface area contributed by atoms with E-state index in [1.807, 2.05) is 0 Å². The molecule has 68 valence electrons. The van der Waals surface area contributed by atoms with Gasteiger partial charge in [-0.3, -0.25) is 9.78 Å². The highest BCUT2D eigenvalue weighted by atomic mass is 32.2. The molecule has 1 amide bonds. The van der Waals surface area contributed by atoms with Crippen LogP contribution >= 0.6 is 0 Å². The first-order valence-electron chi connectivity index (χ1n) is 3.56. The van der Waals surface area contributed by atoms with E-state index >= 15 is 0 Å². The van der Waals surface area contributed by atoms with E-state index in [9.17, 15) is 13.2 Å². The van der Waals surface area contributed by atoms with Gasteiger partial charge in [0, 0.05) is 12.4 Å². The minimum absolute atomic E-state index is 0.0922. The third-order valence-electron chi connectivity index (χ3n) is 1.71. The van der Waals surface area contributed by atoms with Crippen molar-refractivity contribution in [1.29, 1.82) is 0 Å².